The van der Waals surface area contributed by atoms with Crippen molar-refractivity contribution in [2.45, 2.75) is 55.4 Å². The van der Waals surface area contributed by atoms with Crippen LogP contribution in [0.3, 0.4) is 0 Å². The van der Waals surface area contributed by atoms with Gasteiger partial charge in [-0.05, 0) is 30.4 Å². The standard InChI is InChI=1S/C15H20.3CH4/c1-3-5-7-11-14(10-4-2)15-12-8-6-9-13-15;;;/h5-10,12-13H,3-4,11H2,1-2H3;3*1H4/b7-5-,14-10+;;;. The molecule has 0 aromatic heterocycles. The van der Waals surface area contributed by atoms with E-state index in [0.29, 0.717) is 0 Å². The minimum absolute atomic E-state index is 0. The summed E-state index contributed by atoms with van der Waals surface area (Å²) in [7, 11) is 0. The quantitative estimate of drug-likeness (QED) is 0.506. The largest absolute Gasteiger partial charge is 0.0885 e. The van der Waals surface area contributed by atoms with Gasteiger partial charge in [0.25, 0.3) is 0 Å². The van der Waals surface area contributed by atoms with E-state index in [-0.39, 0.29) is 22.3 Å². The Morgan fingerprint density at radius 1 is 0.889 bits per heavy atom. The Hall–Kier alpha value is -1.30. The van der Waals surface area contributed by atoms with Crippen molar-refractivity contribution in [2.24, 2.45) is 0 Å². The van der Waals surface area contributed by atoms with Crippen molar-refractivity contribution in [2.75, 3.05) is 0 Å². The Morgan fingerprint density at radius 3 is 2.00 bits per heavy atom. The Kier molecular flexibility index (Phi) is 16.8. The van der Waals surface area contributed by atoms with Crippen LogP contribution in [-0.4, -0.2) is 0 Å². The van der Waals surface area contributed by atoms with E-state index >= 15 is 0 Å². The number of hydrogen-bond donors (Lipinski definition) is 0. The van der Waals surface area contributed by atoms with Gasteiger partial charge in [0, 0.05) is 0 Å². The van der Waals surface area contributed by atoms with E-state index in [1.807, 2.05) is 0 Å². The molecule has 0 atom stereocenters. The molecular formula is C18H32. The van der Waals surface area contributed by atoms with E-state index in [1.165, 1.54) is 11.1 Å². The predicted molar refractivity (Wildman–Crippen MR) is 89.0 cm³/mol. The molecule has 1 aromatic rings. The summed E-state index contributed by atoms with van der Waals surface area (Å²) in [4.78, 5) is 0. The van der Waals surface area contributed by atoms with Crippen LogP contribution in [0.4, 0.5) is 0 Å². The molecule has 0 bridgehead atoms. The van der Waals surface area contributed by atoms with Crippen LogP contribution in [0.15, 0.2) is 48.6 Å². The molecule has 0 heterocycles. The molecule has 0 fully saturated rings. The third-order valence-corrected chi connectivity index (χ3v) is 2.34. The Bertz CT molecular complexity index is 317. The fourth-order valence-electron chi connectivity index (χ4n) is 1.59. The monoisotopic (exact) mass is 248 g/mol. The van der Waals surface area contributed by atoms with E-state index in [2.05, 4.69) is 62.4 Å². The van der Waals surface area contributed by atoms with Crippen LogP contribution < -0.4 is 0 Å². The zero-order chi connectivity index (χ0) is 10.9. The second-order valence-corrected chi connectivity index (χ2v) is 3.59. The zero-order valence-corrected chi connectivity index (χ0v) is 9.74. The molecule has 0 unspecified atom stereocenters. The first-order valence-electron chi connectivity index (χ1n) is 5.78. The molecule has 0 spiro atoms. The van der Waals surface area contributed by atoms with Gasteiger partial charge in [-0.15, -0.1) is 0 Å². The van der Waals surface area contributed by atoms with Crippen LogP contribution in [0.25, 0.3) is 5.57 Å². The zero-order valence-electron chi connectivity index (χ0n) is 9.74. The van der Waals surface area contributed by atoms with Gasteiger partial charge in [-0.2, -0.15) is 0 Å². The van der Waals surface area contributed by atoms with E-state index in [4.69, 9.17) is 0 Å². The SMILES string of the molecule is C.C.C.CC/C=C\C/C(=C\CC)c1ccccc1. The lowest BCUT2D eigenvalue weighted by molar-refractivity contribution is 1.18. The fourth-order valence-corrected chi connectivity index (χ4v) is 1.59. The number of hydrogen-bond acceptors (Lipinski definition) is 0. The average Bonchev–Trinajstić information content (AvgIpc) is 2.29. The van der Waals surface area contributed by atoms with Gasteiger partial charge in [-0.1, -0.05) is 84.7 Å². The van der Waals surface area contributed by atoms with E-state index in [0.717, 1.165) is 19.3 Å². The summed E-state index contributed by atoms with van der Waals surface area (Å²) in [6.45, 7) is 4.36. The smallest absolute Gasteiger partial charge is 0.00947 e. The molecule has 0 nitrogen and oxygen atoms in total. The maximum atomic E-state index is 2.31. The van der Waals surface area contributed by atoms with Crippen LogP contribution in [0, 0.1) is 0 Å². The Labute approximate surface area is 115 Å². The number of rotatable bonds is 5. The van der Waals surface area contributed by atoms with Crippen LogP contribution in [0.5, 0.6) is 0 Å². The lowest BCUT2D eigenvalue weighted by atomic mass is 10.0. The van der Waals surface area contributed by atoms with Crippen molar-refractivity contribution in [1.82, 2.24) is 0 Å². The van der Waals surface area contributed by atoms with Crippen molar-refractivity contribution < 1.29 is 0 Å². The van der Waals surface area contributed by atoms with Gasteiger partial charge in [0.05, 0.1) is 0 Å². The first kappa shape index (κ1) is 21.9. The van der Waals surface area contributed by atoms with Gasteiger partial charge in [-0.25, -0.2) is 0 Å². The van der Waals surface area contributed by atoms with Crippen LogP contribution in [0.2, 0.25) is 0 Å². The highest BCUT2D eigenvalue weighted by Gasteiger charge is 1.97. The number of benzene rings is 1. The maximum absolute atomic E-state index is 2.31. The highest BCUT2D eigenvalue weighted by atomic mass is 14.0. The molecule has 18 heavy (non-hydrogen) atoms. The van der Waals surface area contributed by atoms with Gasteiger partial charge >= 0.3 is 0 Å². The van der Waals surface area contributed by atoms with Gasteiger partial charge in [-0.3, -0.25) is 0 Å². The molecule has 0 radical (unpaired) electrons. The molecule has 0 aliphatic carbocycles. The topological polar surface area (TPSA) is 0 Å². The maximum Gasteiger partial charge on any atom is -0.00947 e. The first-order chi connectivity index (χ1) is 7.38. The van der Waals surface area contributed by atoms with Gasteiger partial charge in [0.2, 0.25) is 0 Å². The fraction of sp³-hybridized carbons (Fsp3) is 0.444. The summed E-state index contributed by atoms with van der Waals surface area (Å²) in [5.41, 5.74) is 2.78. The third kappa shape index (κ3) is 7.89. The summed E-state index contributed by atoms with van der Waals surface area (Å²) in [6, 6.07) is 10.6. The first-order valence-corrected chi connectivity index (χ1v) is 5.78. The molecule has 1 aromatic carbocycles. The molecule has 0 aliphatic heterocycles. The molecular weight excluding hydrogens is 216 g/mol. The normalized spacial score (nSPS) is 10.2. The minimum atomic E-state index is 0. The van der Waals surface area contributed by atoms with Crippen LogP contribution >= 0.6 is 0 Å². The molecule has 0 N–H and O–H groups in total. The summed E-state index contributed by atoms with van der Waals surface area (Å²) < 4.78 is 0. The molecule has 0 amide bonds. The summed E-state index contributed by atoms with van der Waals surface area (Å²) in [5.74, 6) is 0. The molecule has 0 saturated heterocycles. The summed E-state index contributed by atoms with van der Waals surface area (Å²) in [6.07, 6.45) is 10.1. The molecule has 0 aliphatic rings. The highest BCUT2D eigenvalue weighted by Crippen LogP contribution is 2.19. The van der Waals surface area contributed by atoms with E-state index < -0.39 is 0 Å². The van der Waals surface area contributed by atoms with Crippen molar-refractivity contribution >= 4 is 5.57 Å². The second kappa shape index (κ2) is 13.8. The van der Waals surface area contributed by atoms with E-state index in [9.17, 15) is 0 Å². The molecule has 0 saturated carbocycles. The van der Waals surface area contributed by atoms with Crippen molar-refractivity contribution in [3.05, 3.63) is 54.1 Å². The Balaban J connectivity index is -0.000000750. The summed E-state index contributed by atoms with van der Waals surface area (Å²) >= 11 is 0. The van der Waals surface area contributed by atoms with Crippen molar-refractivity contribution in [1.29, 1.82) is 0 Å². The van der Waals surface area contributed by atoms with Crippen molar-refractivity contribution in [3.63, 3.8) is 0 Å². The predicted octanol–water partition coefficient (Wildman–Crippen LogP) is 6.74. The lowest BCUT2D eigenvalue weighted by Gasteiger charge is -2.04. The Morgan fingerprint density at radius 2 is 1.50 bits per heavy atom. The van der Waals surface area contributed by atoms with Gasteiger partial charge in [0.1, 0.15) is 0 Å². The van der Waals surface area contributed by atoms with Crippen LogP contribution in [-0.2, 0) is 0 Å². The summed E-state index contributed by atoms with van der Waals surface area (Å²) in [5, 5.41) is 0. The van der Waals surface area contributed by atoms with Gasteiger partial charge in [0.15, 0.2) is 0 Å². The average molecular weight is 248 g/mol. The van der Waals surface area contributed by atoms with Crippen LogP contribution in [0.1, 0.15) is 61.0 Å². The molecule has 1 rings (SSSR count). The van der Waals surface area contributed by atoms with Gasteiger partial charge < -0.3 is 0 Å². The molecule has 0 heteroatoms. The highest BCUT2D eigenvalue weighted by molar-refractivity contribution is 5.66. The lowest BCUT2D eigenvalue weighted by Crippen LogP contribution is -1.82. The third-order valence-electron chi connectivity index (χ3n) is 2.34. The van der Waals surface area contributed by atoms with E-state index in [1.54, 1.807) is 0 Å². The number of allylic oxidation sites excluding steroid dienone is 4. The van der Waals surface area contributed by atoms with Crippen molar-refractivity contribution in [3.8, 4) is 0 Å². The minimum Gasteiger partial charge on any atom is -0.0885 e. The second-order valence-electron chi connectivity index (χ2n) is 3.59. The molecule has 104 valence electrons.